The van der Waals surface area contributed by atoms with Crippen LogP contribution in [0.1, 0.15) is 123 Å². The lowest BCUT2D eigenvalue weighted by Gasteiger charge is -2.18. The molecule has 0 bridgehead atoms. The number of amides is 2. The number of carbonyl (C=O) groups is 3. The van der Waals surface area contributed by atoms with E-state index in [4.69, 9.17) is 16.2 Å². The van der Waals surface area contributed by atoms with E-state index in [9.17, 15) is 14.4 Å². The van der Waals surface area contributed by atoms with Crippen molar-refractivity contribution in [3.8, 4) is 0 Å². The Morgan fingerprint density at radius 1 is 0.781 bits per heavy atom. The number of hydrogen-bond donors (Lipinski definition) is 3. The van der Waals surface area contributed by atoms with Crippen LogP contribution in [0.25, 0.3) is 0 Å². The second kappa shape index (κ2) is 21.2. The molecule has 0 spiro atoms. The molecule has 0 aromatic carbocycles. The minimum absolute atomic E-state index is 0.00203. The molecule has 0 radical (unpaired) electrons. The van der Waals surface area contributed by atoms with Gasteiger partial charge in [0.1, 0.15) is 6.04 Å². The molecule has 0 saturated carbocycles. The monoisotopic (exact) mass is 455 g/mol. The standard InChI is InChI=1S/C25H49N3O4/c1-3-4-5-6-7-8-9-10-11-12-13-14-15-16-17-20-32-25(31)22(18-19-23(27)29)28-24(30)21(2)26/h21-22H,3-20,26H2,1-2H3,(H2,27,29)(H,28,30)/t21-,22+/m1/s1. The molecule has 0 aromatic heterocycles. The molecular weight excluding hydrogens is 406 g/mol. The van der Waals surface area contributed by atoms with Crippen LogP contribution in [0.3, 0.4) is 0 Å². The highest BCUT2D eigenvalue weighted by atomic mass is 16.5. The topological polar surface area (TPSA) is 125 Å². The molecule has 0 rings (SSSR count). The van der Waals surface area contributed by atoms with Gasteiger partial charge in [0.25, 0.3) is 0 Å². The third-order valence-corrected chi connectivity index (χ3v) is 5.69. The number of carbonyl (C=O) groups excluding carboxylic acids is 3. The van der Waals surface area contributed by atoms with Crippen molar-refractivity contribution >= 4 is 17.8 Å². The average molecular weight is 456 g/mol. The van der Waals surface area contributed by atoms with Crippen LogP contribution >= 0.6 is 0 Å². The Kier molecular flexibility index (Phi) is 20.1. The van der Waals surface area contributed by atoms with Crippen molar-refractivity contribution in [1.82, 2.24) is 5.32 Å². The fourth-order valence-electron chi connectivity index (χ4n) is 3.59. The first-order chi connectivity index (χ1) is 15.4. The van der Waals surface area contributed by atoms with Gasteiger partial charge in [-0.25, -0.2) is 4.79 Å². The predicted octanol–water partition coefficient (Wildman–Crippen LogP) is 4.50. The summed E-state index contributed by atoms with van der Waals surface area (Å²) in [5, 5.41) is 2.53. The first-order valence-electron chi connectivity index (χ1n) is 12.9. The highest BCUT2D eigenvalue weighted by Gasteiger charge is 2.24. The van der Waals surface area contributed by atoms with Gasteiger partial charge in [0.15, 0.2) is 0 Å². The zero-order valence-corrected chi connectivity index (χ0v) is 20.7. The number of esters is 1. The maximum absolute atomic E-state index is 12.2. The Morgan fingerprint density at radius 3 is 1.62 bits per heavy atom. The maximum atomic E-state index is 12.2. The lowest BCUT2D eigenvalue weighted by atomic mass is 10.0. The molecule has 2 amide bonds. The van der Waals surface area contributed by atoms with E-state index >= 15 is 0 Å². The quantitative estimate of drug-likeness (QED) is 0.164. The molecule has 188 valence electrons. The molecule has 0 unspecified atom stereocenters. The summed E-state index contributed by atoms with van der Waals surface area (Å²) in [6.07, 6.45) is 19.2. The van der Waals surface area contributed by atoms with Crippen LogP contribution in [0.15, 0.2) is 0 Å². The van der Waals surface area contributed by atoms with Gasteiger partial charge in [-0.3, -0.25) is 9.59 Å². The molecule has 32 heavy (non-hydrogen) atoms. The molecular formula is C25H49N3O4. The van der Waals surface area contributed by atoms with Gasteiger partial charge >= 0.3 is 5.97 Å². The summed E-state index contributed by atoms with van der Waals surface area (Å²) in [6.45, 7) is 4.10. The summed E-state index contributed by atoms with van der Waals surface area (Å²) in [5.41, 5.74) is 10.7. The molecule has 0 aliphatic heterocycles. The number of nitrogens with one attached hydrogen (secondary N) is 1. The Balaban J connectivity index is 3.68. The number of unbranched alkanes of at least 4 members (excludes halogenated alkanes) is 14. The molecule has 0 heterocycles. The molecule has 0 fully saturated rings. The highest BCUT2D eigenvalue weighted by Crippen LogP contribution is 2.13. The zero-order valence-electron chi connectivity index (χ0n) is 20.7. The van der Waals surface area contributed by atoms with Gasteiger partial charge in [-0.2, -0.15) is 0 Å². The van der Waals surface area contributed by atoms with Crippen molar-refractivity contribution in [2.24, 2.45) is 11.5 Å². The van der Waals surface area contributed by atoms with Gasteiger partial charge in [-0.05, 0) is 19.8 Å². The molecule has 0 aliphatic carbocycles. The smallest absolute Gasteiger partial charge is 0.328 e. The van der Waals surface area contributed by atoms with Gasteiger partial charge in [0, 0.05) is 6.42 Å². The second-order valence-corrected chi connectivity index (χ2v) is 8.97. The molecule has 7 nitrogen and oxygen atoms in total. The van der Waals surface area contributed by atoms with Crippen LogP contribution in [0, 0.1) is 0 Å². The molecule has 0 aromatic rings. The van der Waals surface area contributed by atoms with Crippen molar-refractivity contribution in [2.75, 3.05) is 6.61 Å². The number of ether oxygens (including phenoxy) is 1. The average Bonchev–Trinajstić information content (AvgIpc) is 2.75. The number of primary amides is 1. The lowest BCUT2D eigenvalue weighted by molar-refractivity contribution is -0.148. The van der Waals surface area contributed by atoms with Gasteiger partial charge in [0.05, 0.1) is 12.6 Å². The first-order valence-corrected chi connectivity index (χ1v) is 12.9. The van der Waals surface area contributed by atoms with E-state index < -0.39 is 29.9 Å². The fourth-order valence-corrected chi connectivity index (χ4v) is 3.59. The number of hydrogen-bond acceptors (Lipinski definition) is 5. The molecule has 5 N–H and O–H groups in total. The zero-order chi connectivity index (χ0) is 24.0. The van der Waals surface area contributed by atoms with E-state index in [0.29, 0.717) is 6.61 Å². The number of rotatable bonds is 22. The molecule has 0 aliphatic rings. The Morgan fingerprint density at radius 2 is 1.22 bits per heavy atom. The summed E-state index contributed by atoms with van der Waals surface area (Å²) in [7, 11) is 0. The van der Waals surface area contributed by atoms with E-state index in [-0.39, 0.29) is 12.8 Å². The SMILES string of the molecule is CCCCCCCCCCCCCCCCCOC(=O)[C@H](CCC(N)=O)NC(=O)[C@@H](C)N. The highest BCUT2D eigenvalue weighted by molar-refractivity contribution is 5.87. The van der Waals surface area contributed by atoms with Crippen molar-refractivity contribution in [2.45, 2.75) is 135 Å². The van der Waals surface area contributed by atoms with E-state index in [1.54, 1.807) is 0 Å². The summed E-state index contributed by atoms with van der Waals surface area (Å²) in [4.78, 5) is 35.0. The molecule has 2 atom stereocenters. The Hall–Kier alpha value is -1.63. The fraction of sp³-hybridized carbons (Fsp3) is 0.880. The van der Waals surface area contributed by atoms with Crippen LogP contribution in [-0.4, -0.2) is 36.5 Å². The normalized spacial score (nSPS) is 12.8. The van der Waals surface area contributed by atoms with Gasteiger partial charge in [-0.1, -0.05) is 96.8 Å². The predicted molar refractivity (Wildman–Crippen MR) is 130 cm³/mol. The number of nitrogens with two attached hydrogens (primary N) is 2. The van der Waals surface area contributed by atoms with Crippen molar-refractivity contribution in [1.29, 1.82) is 0 Å². The van der Waals surface area contributed by atoms with Gasteiger partial charge < -0.3 is 21.5 Å². The van der Waals surface area contributed by atoms with Crippen LogP contribution in [0.2, 0.25) is 0 Å². The summed E-state index contributed by atoms with van der Waals surface area (Å²) >= 11 is 0. The lowest BCUT2D eigenvalue weighted by Crippen LogP contribution is -2.48. The molecule has 7 heteroatoms. The van der Waals surface area contributed by atoms with E-state index in [1.807, 2.05) is 0 Å². The third kappa shape index (κ3) is 19.1. The van der Waals surface area contributed by atoms with Crippen molar-refractivity contribution in [3.05, 3.63) is 0 Å². The Labute approximate surface area is 195 Å². The van der Waals surface area contributed by atoms with Crippen LogP contribution in [0.5, 0.6) is 0 Å². The third-order valence-electron chi connectivity index (χ3n) is 5.69. The summed E-state index contributed by atoms with van der Waals surface area (Å²) in [5.74, 6) is -1.52. The maximum Gasteiger partial charge on any atom is 0.328 e. The van der Waals surface area contributed by atoms with Crippen molar-refractivity contribution in [3.63, 3.8) is 0 Å². The molecule has 0 saturated heterocycles. The summed E-state index contributed by atoms with van der Waals surface area (Å²) in [6, 6.07) is -1.63. The minimum Gasteiger partial charge on any atom is -0.464 e. The van der Waals surface area contributed by atoms with E-state index in [2.05, 4.69) is 12.2 Å². The van der Waals surface area contributed by atoms with E-state index in [0.717, 1.165) is 19.3 Å². The summed E-state index contributed by atoms with van der Waals surface area (Å²) < 4.78 is 5.28. The van der Waals surface area contributed by atoms with Crippen LogP contribution in [0.4, 0.5) is 0 Å². The minimum atomic E-state index is -0.891. The van der Waals surface area contributed by atoms with Crippen LogP contribution in [-0.2, 0) is 19.1 Å². The van der Waals surface area contributed by atoms with Crippen LogP contribution < -0.4 is 16.8 Å². The first kappa shape index (κ1) is 30.4. The van der Waals surface area contributed by atoms with Gasteiger partial charge in [0.2, 0.25) is 11.8 Å². The largest absolute Gasteiger partial charge is 0.464 e. The Bertz CT molecular complexity index is 498. The van der Waals surface area contributed by atoms with E-state index in [1.165, 1.54) is 84.0 Å². The second-order valence-electron chi connectivity index (χ2n) is 8.97. The van der Waals surface area contributed by atoms with Crippen molar-refractivity contribution < 1.29 is 19.1 Å². The van der Waals surface area contributed by atoms with Gasteiger partial charge in [-0.15, -0.1) is 0 Å².